The second-order valence-electron chi connectivity index (χ2n) is 4.98. The quantitative estimate of drug-likeness (QED) is 0.732. The third-order valence-corrected chi connectivity index (χ3v) is 3.51. The maximum atomic E-state index is 13.3. The molecule has 0 aliphatic carbocycles. The summed E-state index contributed by atoms with van der Waals surface area (Å²) in [5, 5.41) is 13.7. The Labute approximate surface area is 129 Å². The molecule has 2 rings (SSSR count). The van der Waals surface area contributed by atoms with Gasteiger partial charge in [-0.05, 0) is 12.5 Å². The summed E-state index contributed by atoms with van der Waals surface area (Å²) in [6.07, 6.45) is -5.27. The summed E-state index contributed by atoms with van der Waals surface area (Å²) in [7, 11) is 0. The molecule has 0 saturated carbocycles. The average molecular weight is 332 g/mol. The Kier molecular flexibility index (Phi) is 4.51. The molecule has 23 heavy (non-hydrogen) atoms. The first-order chi connectivity index (χ1) is 10.7. The van der Waals surface area contributed by atoms with Gasteiger partial charge in [0.1, 0.15) is 5.92 Å². The van der Waals surface area contributed by atoms with E-state index in [1.165, 1.54) is 24.4 Å². The van der Waals surface area contributed by atoms with Gasteiger partial charge in [0.2, 0.25) is 0 Å². The van der Waals surface area contributed by atoms with Gasteiger partial charge in [0.05, 0.1) is 12.6 Å². The minimum atomic E-state index is -5.27. The third-order valence-electron chi connectivity index (χ3n) is 3.51. The largest absolute Gasteiger partial charge is 0.466 e. The number of benzene rings is 1. The van der Waals surface area contributed by atoms with Crippen LogP contribution in [0.25, 0.3) is 0 Å². The topological polar surface area (TPSA) is 87.7 Å². The highest BCUT2D eigenvalue weighted by molar-refractivity contribution is 5.83. The van der Waals surface area contributed by atoms with Gasteiger partial charge in [-0.3, -0.25) is 4.79 Å². The lowest BCUT2D eigenvalue weighted by Gasteiger charge is -2.44. The van der Waals surface area contributed by atoms with E-state index in [1.807, 2.05) is 0 Å². The Morgan fingerprint density at radius 2 is 1.96 bits per heavy atom. The Bertz CT molecular complexity index is 593. The molecule has 0 bridgehead atoms. The van der Waals surface area contributed by atoms with Crippen LogP contribution in [0.4, 0.5) is 18.0 Å². The number of hydrogen-bond donors (Lipinski definition) is 3. The number of esters is 1. The fraction of sp³-hybridized carbons (Fsp3) is 0.429. The summed E-state index contributed by atoms with van der Waals surface area (Å²) in [5.74, 6) is -3.36. The Morgan fingerprint density at radius 3 is 2.48 bits per heavy atom. The first-order valence-electron chi connectivity index (χ1n) is 6.80. The maximum Gasteiger partial charge on any atom is 0.437 e. The zero-order chi connectivity index (χ0) is 17.3. The highest BCUT2D eigenvalue weighted by Gasteiger charge is 2.67. The van der Waals surface area contributed by atoms with Gasteiger partial charge in [0.25, 0.3) is 5.72 Å². The van der Waals surface area contributed by atoms with E-state index in [0.717, 1.165) is 0 Å². The van der Waals surface area contributed by atoms with Crippen molar-refractivity contribution in [2.75, 3.05) is 6.61 Å². The second kappa shape index (κ2) is 6.07. The van der Waals surface area contributed by atoms with Crippen LogP contribution in [0.5, 0.6) is 0 Å². The molecule has 1 aromatic carbocycles. The molecule has 2 amide bonds. The number of amides is 2. The molecule has 1 saturated heterocycles. The Hall–Kier alpha value is -2.29. The van der Waals surface area contributed by atoms with Gasteiger partial charge in [-0.25, -0.2) is 4.79 Å². The molecule has 0 aromatic heterocycles. The first kappa shape index (κ1) is 17.1. The second-order valence-corrected chi connectivity index (χ2v) is 4.98. The summed E-state index contributed by atoms with van der Waals surface area (Å²) >= 11 is 0. The number of aliphatic hydroxyl groups is 1. The molecule has 1 aliphatic heterocycles. The van der Waals surface area contributed by atoms with Crippen LogP contribution in [0.15, 0.2) is 30.3 Å². The standard InChI is InChI=1S/C14H15F3N2O4/c1-2-23-11(20)9-10(8-6-4-3-5-7-8)18-12(21)19-13(9,22)14(15,16)17/h3-7,9-10,22H,2H2,1H3,(H2,18,19,21)/t9-,10-,13-/m0/s1. The summed E-state index contributed by atoms with van der Waals surface area (Å²) in [4.78, 5) is 23.7. The number of hydrogen-bond acceptors (Lipinski definition) is 4. The van der Waals surface area contributed by atoms with Crippen LogP contribution in [0.2, 0.25) is 0 Å². The molecular formula is C14H15F3N2O4. The lowest BCUT2D eigenvalue weighted by atomic mass is 9.82. The Morgan fingerprint density at radius 1 is 1.35 bits per heavy atom. The van der Waals surface area contributed by atoms with E-state index >= 15 is 0 Å². The van der Waals surface area contributed by atoms with Gasteiger partial charge in [-0.2, -0.15) is 13.2 Å². The van der Waals surface area contributed by atoms with E-state index in [-0.39, 0.29) is 12.2 Å². The van der Waals surface area contributed by atoms with E-state index in [4.69, 9.17) is 0 Å². The number of carbonyl (C=O) groups is 2. The zero-order valence-corrected chi connectivity index (χ0v) is 12.1. The van der Waals surface area contributed by atoms with Crippen LogP contribution >= 0.6 is 0 Å². The molecule has 0 unspecified atom stereocenters. The van der Waals surface area contributed by atoms with Crippen molar-refractivity contribution in [3.05, 3.63) is 35.9 Å². The van der Waals surface area contributed by atoms with Gasteiger partial charge in [-0.1, -0.05) is 30.3 Å². The number of alkyl halides is 3. The van der Waals surface area contributed by atoms with Crippen molar-refractivity contribution >= 4 is 12.0 Å². The molecule has 0 spiro atoms. The SMILES string of the molecule is CCOC(=O)[C@@H]1[C@H](c2ccccc2)NC(=O)N[C@@]1(O)C(F)(F)F. The maximum absolute atomic E-state index is 13.3. The van der Waals surface area contributed by atoms with E-state index in [9.17, 15) is 27.9 Å². The van der Waals surface area contributed by atoms with Crippen molar-refractivity contribution < 1.29 is 32.6 Å². The zero-order valence-electron chi connectivity index (χ0n) is 12.1. The van der Waals surface area contributed by atoms with Crippen LogP contribution in [0, 0.1) is 5.92 Å². The monoisotopic (exact) mass is 332 g/mol. The van der Waals surface area contributed by atoms with Gasteiger partial charge in [-0.15, -0.1) is 0 Å². The van der Waals surface area contributed by atoms with Gasteiger partial charge < -0.3 is 20.5 Å². The summed E-state index contributed by atoms with van der Waals surface area (Å²) in [5.41, 5.74) is -3.50. The van der Waals surface area contributed by atoms with Crippen molar-refractivity contribution in [3.8, 4) is 0 Å². The normalized spacial score (nSPS) is 27.8. The summed E-state index contributed by atoms with van der Waals surface area (Å²) < 4.78 is 44.7. The van der Waals surface area contributed by atoms with Crippen molar-refractivity contribution in [1.29, 1.82) is 0 Å². The van der Waals surface area contributed by atoms with Gasteiger partial charge in [0.15, 0.2) is 0 Å². The predicted octanol–water partition coefficient (Wildman–Crippen LogP) is 1.47. The number of carbonyl (C=O) groups excluding carboxylic acids is 2. The molecular weight excluding hydrogens is 317 g/mol. The summed E-state index contributed by atoms with van der Waals surface area (Å²) in [6.45, 7) is 1.26. The van der Waals surface area contributed by atoms with E-state index in [0.29, 0.717) is 0 Å². The Balaban J connectivity index is 2.54. The molecule has 3 N–H and O–H groups in total. The van der Waals surface area contributed by atoms with E-state index in [1.54, 1.807) is 18.2 Å². The molecule has 1 fully saturated rings. The first-order valence-corrected chi connectivity index (χ1v) is 6.80. The van der Waals surface area contributed by atoms with Crippen LogP contribution in [-0.2, 0) is 9.53 Å². The van der Waals surface area contributed by atoms with Crippen molar-refractivity contribution in [3.63, 3.8) is 0 Å². The third kappa shape index (κ3) is 3.09. The molecule has 1 heterocycles. The molecule has 9 heteroatoms. The van der Waals surface area contributed by atoms with Crippen LogP contribution < -0.4 is 10.6 Å². The number of urea groups is 1. The fourth-order valence-corrected chi connectivity index (χ4v) is 2.47. The molecule has 1 aliphatic rings. The van der Waals surface area contributed by atoms with E-state index in [2.05, 4.69) is 10.1 Å². The van der Waals surface area contributed by atoms with Crippen molar-refractivity contribution in [2.24, 2.45) is 5.92 Å². The minimum Gasteiger partial charge on any atom is -0.466 e. The number of nitrogens with one attached hydrogen (secondary N) is 2. The predicted molar refractivity (Wildman–Crippen MR) is 72.0 cm³/mol. The lowest BCUT2D eigenvalue weighted by Crippen LogP contribution is -2.73. The molecule has 6 nitrogen and oxygen atoms in total. The smallest absolute Gasteiger partial charge is 0.437 e. The van der Waals surface area contributed by atoms with Crippen LogP contribution in [-0.4, -0.2) is 35.6 Å². The van der Waals surface area contributed by atoms with Gasteiger partial charge >= 0.3 is 18.2 Å². The molecule has 126 valence electrons. The minimum absolute atomic E-state index is 0.168. The van der Waals surface area contributed by atoms with Gasteiger partial charge in [0, 0.05) is 0 Å². The van der Waals surface area contributed by atoms with Crippen molar-refractivity contribution in [2.45, 2.75) is 24.9 Å². The van der Waals surface area contributed by atoms with Crippen molar-refractivity contribution in [1.82, 2.24) is 10.6 Å². The van der Waals surface area contributed by atoms with Crippen LogP contribution in [0.1, 0.15) is 18.5 Å². The van der Waals surface area contributed by atoms with Crippen LogP contribution in [0.3, 0.4) is 0 Å². The lowest BCUT2D eigenvalue weighted by molar-refractivity contribution is -0.294. The number of halogens is 3. The fourth-order valence-electron chi connectivity index (χ4n) is 2.47. The average Bonchev–Trinajstić information content (AvgIpc) is 2.46. The molecule has 0 radical (unpaired) electrons. The number of rotatable bonds is 3. The summed E-state index contributed by atoms with van der Waals surface area (Å²) in [6, 6.07) is 4.96. The highest BCUT2D eigenvalue weighted by atomic mass is 19.4. The molecule has 1 aromatic rings. The number of ether oxygens (including phenoxy) is 1. The molecule has 3 atom stereocenters. The van der Waals surface area contributed by atoms with E-state index < -0.39 is 35.9 Å². The highest BCUT2D eigenvalue weighted by Crippen LogP contribution is 2.42.